The molecule has 0 atom stereocenters. The second kappa shape index (κ2) is 5.41. The molecule has 1 heterocycles. The molecule has 0 radical (unpaired) electrons. The zero-order valence-electron chi connectivity index (χ0n) is 12.2. The van der Waals surface area contributed by atoms with E-state index in [2.05, 4.69) is 18.9 Å². The predicted molar refractivity (Wildman–Crippen MR) is 82.3 cm³/mol. The Morgan fingerprint density at radius 1 is 1.37 bits per heavy atom. The van der Waals surface area contributed by atoms with Crippen LogP contribution in [0.2, 0.25) is 0 Å². The van der Waals surface area contributed by atoms with Crippen molar-refractivity contribution in [2.24, 2.45) is 0 Å². The van der Waals surface area contributed by atoms with Gasteiger partial charge in [0.1, 0.15) is 4.88 Å². The Hall–Kier alpha value is -1.23. The van der Waals surface area contributed by atoms with Crippen molar-refractivity contribution in [3.63, 3.8) is 0 Å². The van der Waals surface area contributed by atoms with Crippen molar-refractivity contribution in [1.29, 1.82) is 0 Å². The van der Waals surface area contributed by atoms with Gasteiger partial charge in [0.2, 0.25) is 0 Å². The highest BCUT2D eigenvalue weighted by atomic mass is 32.1. The van der Waals surface area contributed by atoms with E-state index in [1.165, 1.54) is 23.4 Å². The van der Waals surface area contributed by atoms with Crippen LogP contribution in [0.1, 0.15) is 47.3 Å². The lowest BCUT2D eigenvalue weighted by Crippen LogP contribution is -2.21. The number of anilines is 2. The summed E-state index contributed by atoms with van der Waals surface area (Å²) in [5, 5.41) is 1.19. The fourth-order valence-corrected chi connectivity index (χ4v) is 3.61. The third-order valence-corrected chi connectivity index (χ3v) is 4.78. The van der Waals surface area contributed by atoms with Gasteiger partial charge in [-0.2, -0.15) is 0 Å². The molecule has 0 bridgehead atoms. The number of rotatable bonds is 5. The molecule has 0 aromatic carbocycles. The number of nitrogen functional groups attached to an aromatic ring is 1. The molecule has 106 valence electrons. The molecule has 1 aliphatic carbocycles. The Morgan fingerprint density at radius 3 is 2.47 bits per heavy atom. The Morgan fingerprint density at radius 2 is 2.00 bits per heavy atom. The molecule has 1 aliphatic rings. The number of nitrogens with zero attached hydrogens (tertiary/aromatic N) is 2. The van der Waals surface area contributed by atoms with Gasteiger partial charge in [-0.15, -0.1) is 11.3 Å². The van der Waals surface area contributed by atoms with Gasteiger partial charge in [0.05, 0.1) is 10.7 Å². The van der Waals surface area contributed by atoms with E-state index >= 15 is 0 Å². The highest BCUT2D eigenvalue weighted by Crippen LogP contribution is 2.51. The minimum absolute atomic E-state index is 0.0144. The molecule has 4 nitrogen and oxygen atoms in total. The number of nitrogens with two attached hydrogens (primary N) is 1. The van der Waals surface area contributed by atoms with Gasteiger partial charge in [-0.25, -0.2) is 0 Å². The molecule has 1 amide bonds. The maximum atomic E-state index is 12.2. The molecular formula is C14H23N3OS. The van der Waals surface area contributed by atoms with Crippen molar-refractivity contribution in [2.75, 3.05) is 38.3 Å². The second-order valence-corrected chi connectivity index (χ2v) is 6.46. The molecule has 0 saturated heterocycles. The van der Waals surface area contributed by atoms with Crippen molar-refractivity contribution in [3.8, 4) is 0 Å². The standard InChI is InChI=1S/C14H23N3OS/c1-5-8-17(4)14-10(9-6-7-9)11(15)12(19-14)13(18)16(2)3/h9H,5-8,15H2,1-4H3. The first-order valence-electron chi connectivity index (χ1n) is 6.82. The third kappa shape index (κ3) is 2.71. The van der Waals surface area contributed by atoms with E-state index in [9.17, 15) is 4.79 Å². The van der Waals surface area contributed by atoms with E-state index in [4.69, 9.17) is 5.73 Å². The molecule has 0 spiro atoms. The zero-order chi connectivity index (χ0) is 14.2. The van der Waals surface area contributed by atoms with Crippen LogP contribution in [0.15, 0.2) is 0 Å². The summed E-state index contributed by atoms with van der Waals surface area (Å²) in [6.45, 7) is 3.16. The van der Waals surface area contributed by atoms with E-state index in [-0.39, 0.29) is 5.91 Å². The fourth-order valence-electron chi connectivity index (χ4n) is 2.29. The number of thiophene rings is 1. The van der Waals surface area contributed by atoms with Crippen LogP contribution in [-0.2, 0) is 0 Å². The van der Waals surface area contributed by atoms with E-state index in [0.717, 1.165) is 13.0 Å². The van der Waals surface area contributed by atoms with Gasteiger partial charge in [0, 0.05) is 33.3 Å². The maximum Gasteiger partial charge on any atom is 0.265 e. The minimum Gasteiger partial charge on any atom is -0.397 e. The van der Waals surface area contributed by atoms with E-state index in [1.807, 2.05) is 0 Å². The summed E-state index contributed by atoms with van der Waals surface area (Å²) >= 11 is 1.55. The van der Waals surface area contributed by atoms with Crippen LogP contribution < -0.4 is 10.6 Å². The number of carbonyl (C=O) groups is 1. The molecule has 0 aliphatic heterocycles. The lowest BCUT2D eigenvalue weighted by molar-refractivity contribution is 0.0833. The topological polar surface area (TPSA) is 49.6 Å². The molecule has 0 unspecified atom stereocenters. The second-order valence-electron chi connectivity index (χ2n) is 5.46. The molecule has 19 heavy (non-hydrogen) atoms. The summed E-state index contributed by atoms with van der Waals surface area (Å²) in [5.41, 5.74) is 8.18. The van der Waals surface area contributed by atoms with Gasteiger partial charge in [-0.1, -0.05) is 6.92 Å². The van der Waals surface area contributed by atoms with Gasteiger partial charge in [-0.3, -0.25) is 4.79 Å². The van der Waals surface area contributed by atoms with Crippen LogP contribution in [0.3, 0.4) is 0 Å². The van der Waals surface area contributed by atoms with E-state index < -0.39 is 0 Å². The summed E-state index contributed by atoms with van der Waals surface area (Å²) in [7, 11) is 5.63. The smallest absolute Gasteiger partial charge is 0.265 e. The molecule has 2 rings (SSSR count). The first-order valence-corrected chi connectivity index (χ1v) is 7.63. The fraction of sp³-hybridized carbons (Fsp3) is 0.643. The van der Waals surface area contributed by atoms with Gasteiger partial charge >= 0.3 is 0 Å². The molecule has 1 saturated carbocycles. The van der Waals surface area contributed by atoms with Gasteiger partial charge in [-0.05, 0) is 25.2 Å². The van der Waals surface area contributed by atoms with Crippen molar-refractivity contribution >= 4 is 27.9 Å². The van der Waals surface area contributed by atoms with Crippen LogP contribution >= 0.6 is 11.3 Å². The van der Waals surface area contributed by atoms with Crippen molar-refractivity contribution in [3.05, 3.63) is 10.4 Å². The van der Waals surface area contributed by atoms with Crippen molar-refractivity contribution < 1.29 is 4.79 Å². The van der Waals surface area contributed by atoms with Gasteiger partial charge in [0.25, 0.3) is 5.91 Å². The van der Waals surface area contributed by atoms with Crippen LogP contribution in [0.4, 0.5) is 10.7 Å². The van der Waals surface area contributed by atoms with E-state index in [0.29, 0.717) is 16.5 Å². The monoisotopic (exact) mass is 281 g/mol. The summed E-state index contributed by atoms with van der Waals surface area (Å²) in [6, 6.07) is 0. The van der Waals surface area contributed by atoms with Gasteiger partial charge < -0.3 is 15.5 Å². The molecule has 1 fully saturated rings. The zero-order valence-corrected chi connectivity index (χ0v) is 13.0. The molecule has 1 aromatic heterocycles. The predicted octanol–water partition coefficient (Wildman–Crippen LogP) is 2.76. The number of hydrogen-bond acceptors (Lipinski definition) is 4. The quantitative estimate of drug-likeness (QED) is 0.903. The van der Waals surface area contributed by atoms with Crippen molar-refractivity contribution in [1.82, 2.24) is 4.90 Å². The Bertz CT molecular complexity index is 477. The summed E-state index contributed by atoms with van der Waals surface area (Å²) in [6.07, 6.45) is 3.49. The number of hydrogen-bond donors (Lipinski definition) is 1. The first-order chi connectivity index (χ1) is 8.97. The minimum atomic E-state index is 0.0144. The molecule has 2 N–H and O–H groups in total. The summed E-state index contributed by atoms with van der Waals surface area (Å²) in [4.78, 5) is 16.7. The maximum absolute atomic E-state index is 12.2. The summed E-state index contributed by atoms with van der Waals surface area (Å²) in [5.74, 6) is 0.579. The third-order valence-electron chi connectivity index (χ3n) is 3.46. The highest BCUT2D eigenvalue weighted by molar-refractivity contribution is 7.18. The molecule has 5 heteroatoms. The Labute approximate surface area is 119 Å². The molecule has 1 aromatic rings. The average molecular weight is 281 g/mol. The van der Waals surface area contributed by atoms with Crippen LogP contribution in [0, 0.1) is 0 Å². The number of amides is 1. The average Bonchev–Trinajstić information content (AvgIpc) is 3.12. The lowest BCUT2D eigenvalue weighted by Gasteiger charge is -2.18. The first kappa shape index (κ1) is 14.2. The molecular weight excluding hydrogens is 258 g/mol. The summed E-state index contributed by atoms with van der Waals surface area (Å²) < 4.78 is 0. The largest absolute Gasteiger partial charge is 0.397 e. The lowest BCUT2D eigenvalue weighted by atomic mass is 10.1. The van der Waals surface area contributed by atoms with Crippen molar-refractivity contribution in [2.45, 2.75) is 32.1 Å². The Balaban J connectivity index is 2.42. The Kier molecular flexibility index (Phi) is 4.04. The highest BCUT2D eigenvalue weighted by Gasteiger charge is 2.34. The van der Waals surface area contributed by atoms with Crippen LogP contribution in [-0.4, -0.2) is 38.5 Å². The van der Waals surface area contributed by atoms with Crippen LogP contribution in [0.5, 0.6) is 0 Å². The SMILES string of the molecule is CCCN(C)c1sc(C(=O)N(C)C)c(N)c1C1CC1. The van der Waals surface area contributed by atoms with Crippen LogP contribution in [0.25, 0.3) is 0 Å². The van der Waals surface area contributed by atoms with Gasteiger partial charge in [0.15, 0.2) is 0 Å². The number of carbonyl (C=O) groups excluding carboxylic acids is 1. The van der Waals surface area contributed by atoms with E-state index in [1.54, 1.807) is 30.3 Å². The normalized spacial score (nSPS) is 14.5.